The van der Waals surface area contributed by atoms with Gasteiger partial charge in [-0.25, -0.2) is 13.8 Å². The van der Waals surface area contributed by atoms with E-state index in [9.17, 15) is 13.9 Å². The third-order valence-corrected chi connectivity index (χ3v) is 2.81. The van der Waals surface area contributed by atoms with Crippen LogP contribution in [0, 0.1) is 11.6 Å². The molecule has 0 aliphatic heterocycles. The van der Waals surface area contributed by atoms with Gasteiger partial charge in [-0.3, -0.25) is 0 Å². The van der Waals surface area contributed by atoms with Crippen LogP contribution in [0.25, 0.3) is 0 Å². The average molecular weight is 315 g/mol. The molecule has 2 N–H and O–H groups in total. The van der Waals surface area contributed by atoms with Gasteiger partial charge in [0, 0.05) is 24.5 Å². The lowest BCUT2D eigenvalue weighted by Crippen LogP contribution is -2.26. The number of rotatable bonds is 6. The van der Waals surface area contributed by atoms with Gasteiger partial charge in [0.15, 0.2) is 11.6 Å². The summed E-state index contributed by atoms with van der Waals surface area (Å²) in [4.78, 5) is 3.83. The quantitative estimate of drug-likeness (QED) is 0.805. The standard InChI is InChI=1S/C14H13ClF2N2O2/c15-14-5-9(3-4-18-14)19-7-10(20)8-21-11-1-2-12(16)13(17)6-11/h1-6,10,20H,7-8H2,(H,18,19). The van der Waals surface area contributed by atoms with Crippen LogP contribution in [-0.2, 0) is 0 Å². The van der Waals surface area contributed by atoms with Gasteiger partial charge in [0.05, 0.1) is 0 Å². The fourth-order valence-corrected chi connectivity index (χ4v) is 1.74. The summed E-state index contributed by atoms with van der Waals surface area (Å²) in [6.07, 6.45) is 0.708. The number of nitrogens with one attached hydrogen (secondary N) is 1. The Kier molecular flexibility index (Phi) is 5.30. The lowest BCUT2D eigenvalue weighted by Gasteiger charge is -2.14. The van der Waals surface area contributed by atoms with Crippen LogP contribution in [-0.4, -0.2) is 29.3 Å². The molecular formula is C14H13ClF2N2O2. The number of benzene rings is 1. The zero-order chi connectivity index (χ0) is 15.2. The Bertz CT molecular complexity index is 613. The smallest absolute Gasteiger partial charge is 0.162 e. The van der Waals surface area contributed by atoms with E-state index in [1.165, 1.54) is 12.3 Å². The molecule has 112 valence electrons. The maximum absolute atomic E-state index is 13.0. The Hall–Kier alpha value is -1.92. The van der Waals surface area contributed by atoms with Crippen LogP contribution in [0.4, 0.5) is 14.5 Å². The Morgan fingerprint density at radius 1 is 1.24 bits per heavy atom. The topological polar surface area (TPSA) is 54.4 Å². The molecule has 0 bridgehead atoms. The molecule has 4 nitrogen and oxygen atoms in total. The third-order valence-electron chi connectivity index (χ3n) is 2.60. The number of anilines is 1. The Labute approximate surface area is 125 Å². The second-order valence-corrected chi connectivity index (χ2v) is 4.68. The fourth-order valence-electron chi connectivity index (χ4n) is 1.57. The molecule has 0 fully saturated rings. The van der Waals surface area contributed by atoms with Crippen molar-refractivity contribution in [2.75, 3.05) is 18.5 Å². The Balaban J connectivity index is 1.79. The lowest BCUT2D eigenvalue weighted by atomic mass is 10.3. The van der Waals surface area contributed by atoms with E-state index in [2.05, 4.69) is 10.3 Å². The van der Waals surface area contributed by atoms with E-state index in [4.69, 9.17) is 16.3 Å². The summed E-state index contributed by atoms with van der Waals surface area (Å²) in [6, 6.07) is 6.51. The van der Waals surface area contributed by atoms with Crippen molar-refractivity contribution in [3.63, 3.8) is 0 Å². The third kappa shape index (κ3) is 4.84. The van der Waals surface area contributed by atoms with Crippen molar-refractivity contribution in [1.82, 2.24) is 4.98 Å². The van der Waals surface area contributed by atoms with Crippen molar-refractivity contribution < 1.29 is 18.6 Å². The molecule has 1 unspecified atom stereocenters. The number of hydrogen-bond acceptors (Lipinski definition) is 4. The zero-order valence-electron chi connectivity index (χ0n) is 10.9. The van der Waals surface area contributed by atoms with Crippen LogP contribution < -0.4 is 10.1 Å². The van der Waals surface area contributed by atoms with Crippen LogP contribution in [0.3, 0.4) is 0 Å². The molecule has 1 aromatic heterocycles. The maximum atomic E-state index is 13.0. The number of halogens is 3. The lowest BCUT2D eigenvalue weighted by molar-refractivity contribution is 0.117. The summed E-state index contributed by atoms with van der Waals surface area (Å²) in [5.41, 5.74) is 0.710. The van der Waals surface area contributed by atoms with E-state index in [0.717, 1.165) is 12.1 Å². The summed E-state index contributed by atoms with van der Waals surface area (Å²) >= 11 is 5.72. The minimum atomic E-state index is -0.994. The molecule has 7 heteroatoms. The number of hydrogen-bond donors (Lipinski definition) is 2. The van der Waals surface area contributed by atoms with E-state index < -0.39 is 17.7 Å². The summed E-state index contributed by atoms with van der Waals surface area (Å²) < 4.78 is 30.9. The molecule has 0 saturated heterocycles. The normalized spacial score (nSPS) is 12.0. The predicted molar refractivity (Wildman–Crippen MR) is 75.6 cm³/mol. The summed E-state index contributed by atoms with van der Waals surface area (Å²) in [5, 5.41) is 13.1. The van der Waals surface area contributed by atoms with Gasteiger partial charge in [0.1, 0.15) is 23.6 Å². The van der Waals surface area contributed by atoms with Crippen LogP contribution in [0.2, 0.25) is 5.15 Å². The monoisotopic (exact) mass is 314 g/mol. The maximum Gasteiger partial charge on any atom is 0.162 e. The number of aromatic nitrogens is 1. The number of ether oxygens (including phenoxy) is 1. The van der Waals surface area contributed by atoms with E-state index in [-0.39, 0.29) is 18.9 Å². The van der Waals surface area contributed by atoms with Gasteiger partial charge in [0.25, 0.3) is 0 Å². The number of nitrogens with zero attached hydrogens (tertiary/aromatic N) is 1. The number of pyridine rings is 1. The predicted octanol–water partition coefficient (Wildman–Crippen LogP) is 2.87. The molecule has 0 saturated carbocycles. The second kappa shape index (κ2) is 7.19. The first-order valence-corrected chi connectivity index (χ1v) is 6.54. The molecule has 0 amide bonds. The van der Waals surface area contributed by atoms with Gasteiger partial charge < -0.3 is 15.2 Å². The summed E-state index contributed by atoms with van der Waals surface area (Å²) in [6.45, 7) is 0.154. The molecule has 1 heterocycles. The average Bonchev–Trinajstić information content (AvgIpc) is 2.46. The molecule has 2 aromatic rings. The highest BCUT2D eigenvalue weighted by Gasteiger charge is 2.08. The number of aliphatic hydroxyl groups excluding tert-OH is 1. The minimum Gasteiger partial charge on any atom is -0.491 e. The van der Waals surface area contributed by atoms with E-state index in [1.807, 2.05) is 0 Å². The van der Waals surface area contributed by atoms with E-state index in [1.54, 1.807) is 12.1 Å². The highest BCUT2D eigenvalue weighted by Crippen LogP contribution is 2.16. The molecule has 21 heavy (non-hydrogen) atoms. The van der Waals surface area contributed by atoms with Crippen LogP contribution in [0.1, 0.15) is 0 Å². The molecule has 0 aliphatic rings. The Morgan fingerprint density at radius 3 is 2.76 bits per heavy atom. The minimum absolute atomic E-state index is 0.0586. The van der Waals surface area contributed by atoms with Crippen molar-refractivity contribution in [2.24, 2.45) is 0 Å². The van der Waals surface area contributed by atoms with Crippen LogP contribution in [0.5, 0.6) is 5.75 Å². The molecule has 1 aromatic carbocycles. The van der Waals surface area contributed by atoms with E-state index >= 15 is 0 Å². The number of aliphatic hydroxyl groups is 1. The van der Waals surface area contributed by atoms with Crippen LogP contribution in [0.15, 0.2) is 36.5 Å². The summed E-state index contributed by atoms with van der Waals surface area (Å²) in [5.74, 6) is -1.79. The van der Waals surface area contributed by atoms with Gasteiger partial charge in [-0.1, -0.05) is 11.6 Å². The van der Waals surface area contributed by atoms with Crippen molar-refractivity contribution in [3.05, 3.63) is 53.3 Å². The molecule has 0 aliphatic carbocycles. The first-order chi connectivity index (χ1) is 10.0. The van der Waals surface area contributed by atoms with E-state index in [0.29, 0.717) is 10.8 Å². The largest absolute Gasteiger partial charge is 0.491 e. The highest BCUT2D eigenvalue weighted by molar-refractivity contribution is 6.29. The highest BCUT2D eigenvalue weighted by atomic mass is 35.5. The van der Waals surface area contributed by atoms with Crippen LogP contribution >= 0.6 is 11.6 Å². The first-order valence-electron chi connectivity index (χ1n) is 6.16. The molecule has 1 atom stereocenters. The van der Waals surface area contributed by atoms with Gasteiger partial charge in [-0.05, 0) is 24.3 Å². The van der Waals surface area contributed by atoms with Gasteiger partial charge in [0.2, 0.25) is 0 Å². The molecule has 0 radical (unpaired) electrons. The molecule has 2 rings (SSSR count). The van der Waals surface area contributed by atoms with Crippen molar-refractivity contribution in [2.45, 2.75) is 6.10 Å². The fraction of sp³-hybridized carbons (Fsp3) is 0.214. The Morgan fingerprint density at radius 2 is 2.05 bits per heavy atom. The first kappa shape index (κ1) is 15.5. The van der Waals surface area contributed by atoms with Crippen molar-refractivity contribution >= 4 is 17.3 Å². The zero-order valence-corrected chi connectivity index (χ0v) is 11.6. The van der Waals surface area contributed by atoms with Gasteiger partial charge >= 0.3 is 0 Å². The van der Waals surface area contributed by atoms with Gasteiger partial charge in [-0.15, -0.1) is 0 Å². The molecule has 0 spiro atoms. The summed E-state index contributed by atoms with van der Waals surface area (Å²) in [7, 11) is 0. The SMILES string of the molecule is OC(CNc1ccnc(Cl)c1)COc1ccc(F)c(F)c1. The van der Waals surface area contributed by atoms with Crippen molar-refractivity contribution in [3.8, 4) is 5.75 Å². The molecular weight excluding hydrogens is 302 g/mol. The van der Waals surface area contributed by atoms with Crippen molar-refractivity contribution in [1.29, 1.82) is 0 Å². The van der Waals surface area contributed by atoms with Gasteiger partial charge in [-0.2, -0.15) is 0 Å². The second-order valence-electron chi connectivity index (χ2n) is 4.29.